The first-order valence-corrected chi connectivity index (χ1v) is 5.69. The van der Waals surface area contributed by atoms with E-state index in [1.54, 1.807) is 0 Å². The van der Waals surface area contributed by atoms with Crippen LogP contribution in [0.15, 0.2) is 18.2 Å². The molecule has 0 heterocycles. The van der Waals surface area contributed by atoms with Crippen LogP contribution in [0, 0.1) is 3.57 Å². The summed E-state index contributed by atoms with van der Waals surface area (Å²) in [5.74, 6) is 0. The lowest BCUT2D eigenvalue weighted by Crippen LogP contribution is -2.15. The summed E-state index contributed by atoms with van der Waals surface area (Å²) in [6.45, 7) is 1.000. The van der Waals surface area contributed by atoms with Gasteiger partial charge in [0.25, 0.3) is 0 Å². The van der Waals surface area contributed by atoms with Crippen LogP contribution in [0.3, 0.4) is 0 Å². The molecular formula is C11H17IN2. The van der Waals surface area contributed by atoms with E-state index in [0.29, 0.717) is 0 Å². The molecule has 1 aromatic rings. The van der Waals surface area contributed by atoms with Gasteiger partial charge in [-0.05, 0) is 48.3 Å². The van der Waals surface area contributed by atoms with E-state index in [4.69, 9.17) is 0 Å². The Labute approximate surface area is 100 Å². The van der Waals surface area contributed by atoms with Gasteiger partial charge in [0.05, 0.1) is 0 Å². The zero-order valence-corrected chi connectivity index (χ0v) is 11.4. The van der Waals surface area contributed by atoms with Crippen LogP contribution in [-0.4, -0.2) is 33.1 Å². The zero-order chi connectivity index (χ0) is 10.7. The molecule has 0 aliphatic heterocycles. The molecule has 1 aromatic carbocycles. The molecule has 0 radical (unpaired) electrons. The fourth-order valence-electron chi connectivity index (χ4n) is 1.37. The summed E-state index contributed by atoms with van der Waals surface area (Å²) in [4.78, 5) is 4.35. The van der Waals surface area contributed by atoms with Crippen molar-refractivity contribution in [3.05, 3.63) is 27.3 Å². The summed E-state index contributed by atoms with van der Waals surface area (Å²) in [6, 6.07) is 6.46. The van der Waals surface area contributed by atoms with Gasteiger partial charge >= 0.3 is 0 Å². The van der Waals surface area contributed by atoms with Gasteiger partial charge in [0.2, 0.25) is 0 Å². The summed E-state index contributed by atoms with van der Waals surface area (Å²) in [5, 5.41) is 0. The van der Waals surface area contributed by atoms with Gasteiger partial charge in [-0.2, -0.15) is 0 Å². The SMILES string of the molecule is CN(C)Cc1cccc(N(C)C)c1I. The number of hydrogen-bond donors (Lipinski definition) is 0. The maximum atomic E-state index is 2.42. The summed E-state index contributed by atoms with van der Waals surface area (Å²) in [6.07, 6.45) is 0. The van der Waals surface area contributed by atoms with Crippen molar-refractivity contribution in [2.45, 2.75) is 6.54 Å². The number of nitrogens with zero attached hydrogens (tertiary/aromatic N) is 2. The van der Waals surface area contributed by atoms with E-state index in [-0.39, 0.29) is 0 Å². The second kappa shape index (κ2) is 4.98. The van der Waals surface area contributed by atoms with Gasteiger partial charge < -0.3 is 9.80 Å². The first-order chi connectivity index (χ1) is 6.52. The highest BCUT2D eigenvalue weighted by atomic mass is 127. The molecule has 0 saturated heterocycles. The molecule has 0 N–H and O–H groups in total. The summed E-state index contributed by atoms with van der Waals surface area (Å²) in [5.41, 5.74) is 2.69. The molecule has 2 nitrogen and oxygen atoms in total. The van der Waals surface area contributed by atoms with Gasteiger partial charge in [0, 0.05) is 29.9 Å². The largest absolute Gasteiger partial charge is 0.377 e. The predicted molar refractivity (Wildman–Crippen MR) is 70.9 cm³/mol. The summed E-state index contributed by atoms with van der Waals surface area (Å²) in [7, 11) is 8.35. The molecule has 0 amide bonds. The number of anilines is 1. The highest BCUT2D eigenvalue weighted by Crippen LogP contribution is 2.24. The van der Waals surface area contributed by atoms with Crippen LogP contribution < -0.4 is 4.90 Å². The van der Waals surface area contributed by atoms with Crippen LogP contribution >= 0.6 is 22.6 Å². The normalized spacial score (nSPS) is 10.7. The van der Waals surface area contributed by atoms with Crippen molar-refractivity contribution in [3.8, 4) is 0 Å². The van der Waals surface area contributed by atoms with Crippen LogP contribution in [0.25, 0.3) is 0 Å². The Morgan fingerprint density at radius 1 is 1.14 bits per heavy atom. The van der Waals surface area contributed by atoms with E-state index in [0.717, 1.165) is 6.54 Å². The molecule has 0 atom stereocenters. The number of hydrogen-bond acceptors (Lipinski definition) is 2. The molecular weight excluding hydrogens is 287 g/mol. The lowest BCUT2D eigenvalue weighted by molar-refractivity contribution is 0.401. The van der Waals surface area contributed by atoms with E-state index < -0.39 is 0 Å². The highest BCUT2D eigenvalue weighted by Gasteiger charge is 2.07. The van der Waals surface area contributed by atoms with Crippen molar-refractivity contribution in [3.63, 3.8) is 0 Å². The van der Waals surface area contributed by atoms with Gasteiger partial charge in [-0.1, -0.05) is 12.1 Å². The minimum absolute atomic E-state index is 1.000. The van der Waals surface area contributed by atoms with Crippen LogP contribution in [0.4, 0.5) is 5.69 Å². The van der Waals surface area contributed by atoms with Crippen molar-refractivity contribution < 1.29 is 0 Å². The first kappa shape index (κ1) is 11.8. The molecule has 78 valence electrons. The first-order valence-electron chi connectivity index (χ1n) is 4.62. The Kier molecular flexibility index (Phi) is 4.19. The van der Waals surface area contributed by atoms with Crippen molar-refractivity contribution >= 4 is 28.3 Å². The maximum Gasteiger partial charge on any atom is 0.0500 e. The number of benzene rings is 1. The van der Waals surface area contributed by atoms with Crippen molar-refractivity contribution in [1.29, 1.82) is 0 Å². The van der Waals surface area contributed by atoms with Crippen molar-refractivity contribution in [2.24, 2.45) is 0 Å². The number of halogens is 1. The smallest absolute Gasteiger partial charge is 0.0500 e. The summed E-state index contributed by atoms with van der Waals surface area (Å²) < 4.78 is 1.35. The van der Waals surface area contributed by atoms with E-state index in [1.807, 2.05) is 0 Å². The van der Waals surface area contributed by atoms with E-state index in [2.05, 4.69) is 78.8 Å². The predicted octanol–water partition coefficient (Wildman–Crippen LogP) is 2.42. The Bertz CT molecular complexity index is 308. The Morgan fingerprint density at radius 2 is 1.79 bits per heavy atom. The molecule has 0 fully saturated rings. The quantitative estimate of drug-likeness (QED) is 0.791. The molecule has 0 spiro atoms. The third-order valence-electron chi connectivity index (χ3n) is 2.03. The van der Waals surface area contributed by atoms with Gasteiger partial charge in [0.1, 0.15) is 0 Å². The lowest BCUT2D eigenvalue weighted by atomic mass is 10.2. The van der Waals surface area contributed by atoms with Crippen LogP contribution in [0.2, 0.25) is 0 Å². The summed E-state index contributed by atoms with van der Waals surface area (Å²) >= 11 is 2.42. The minimum atomic E-state index is 1.000. The molecule has 0 unspecified atom stereocenters. The topological polar surface area (TPSA) is 6.48 Å². The molecule has 0 aliphatic rings. The van der Waals surface area contributed by atoms with Crippen molar-refractivity contribution in [1.82, 2.24) is 4.90 Å². The maximum absolute atomic E-state index is 2.42. The van der Waals surface area contributed by atoms with E-state index >= 15 is 0 Å². The van der Waals surface area contributed by atoms with Gasteiger partial charge in [0.15, 0.2) is 0 Å². The fraction of sp³-hybridized carbons (Fsp3) is 0.455. The molecule has 1 rings (SSSR count). The van der Waals surface area contributed by atoms with E-state index in [1.165, 1.54) is 14.8 Å². The Morgan fingerprint density at radius 3 is 2.29 bits per heavy atom. The molecule has 0 bridgehead atoms. The highest BCUT2D eigenvalue weighted by molar-refractivity contribution is 14.1. The Balaban J connectivity index is 3.01. The van der Waals surface area contributed by atoms with Crippen LogP contribution in [0.5, 0.6) is 0 Å². The molecule has 0 saturated carbocycles. The average molecular weight is 304 g/mol. The molecule has 0 aliphatic carbocycles. The number of rotatable bonds is 3. The van der Waals surface area contributed by atoms with Gasteiger partial charge in [-0.15, -0.1) is 0 Å². The zero-order valence-electron chi connectivity index (χ0n) is 9.21. The lowest BCUT2D eigenvalue weighted by Gasteiger charge is -2.18. The van der Waals surface area contributed by atoms with Gasteiger partial charge in [-0.3, -0.25) is 0 Å². The third-order valence-corrected chi connectivity index (χ3v) is 3.27. The average Bonchev–Trinajstić information content (AvgIpc) is 2.07. The van der Waals surface area contributed by atoms with Crippen LogP contribution in [-0.2, 0) is 6.54 Å². The van der Waals surface area contributed by atoms with Crippen LogP contribution in [0.1, 0.15) is 5.56 Å². The third kappa shape index (κ3) is 2.85. The fourth-order valence-corrected chi connectivity index (χ4v) is 2.39. The second-order valence-corrected chi connectivity index (χ2v) is 4.96. The standard InChI is InChI=1S/C11H17IN2/c1-13(2)8-9-6-5-7-10(11(9)12)14(3)4/h5-7H,8H2,1-4H3. The monoisotopic (exact) mass is 304 g/mol. The second-order valence-electron chi connectivity index (χ2n) is 3.88. The molecule has 3 heteroatoms. The molecule has 0 aromatic heterocycles. The van der Waals surface area contributed by atoms with Gasteiger partial charge in [-0.25, -0.2) is 0 Å². The minimum Gasteiger partial charge on any atom is -0.377 e. The van der Waals surface area contributed by atoms with Crippen molar-refractivity contribution in [2.75, 3.05) is 33.1 Å². The van der Waals surface area contributed by atoms with E-state index in [9.17, 15) is 0 Å². The molecule has 14 heavy (non-hydrogen) atoms. The Hall–Kier alpha value is -0.290.